The fourth-order valence-corrected chi connectivity index (χ4v) is 1.81. The fraction of sp³-hybridized carbons (Fsp3) is 0.500. The van der Waals surface area contributed by atoms with Crippen LogP contribution in [0.5, 0.6) is 5.75 Å². The average Bonchev–Trinajstić information content (AvgIpc) is 2.27. The Hall–Kier alpha value is -1.02. The number of carbonyl (C=O) groups is 1. The lowest BCUT2D eigenvalue weighted by molar-refractivity contribution is -0.108. The van der Waals surface area contributed by atoms with Crippen molar-refractivity contribution < 1.29 is 9.53 Å². The third-order valence-electron chi connectivity index (χ3n) is 2.77. The van der Waals surface area contributed by atoms with E-state index in [4.69, 9.17) is 16.3 Å². The van der Waals surface area contributed by atoms with Crippen LogP contribution >= 0.6 is 11.6 Å². The second-order valence-electron chi connectivity index (χ2n) is 4.75. The Morgan fingerprint density at radius 2 is 2.12 bits per heavy atom. The van der Waals surface area contributed by atoms with Crippen LogP contribution in [0.2, 0.25) is 5.02 Å². The van der Waals surface area contributed by atoms with E-state index < -0.39 is 0 Å². The van der Waals surface area contributed by atoms with Gasteiger partial charge in [-0.15, -0.1) is 0 Å². The third-order valence-corrected chi connectivity index (χ3v) is 3.06. The van der Waals surface area contributed by atoms with Crippen LogP contribution in [0.1, 0.15) is 39.2 Å². The minimum absolute atomic E-state index is 0.186. The Morgan fingerprint density at radius 3 is 2.65 bits per heavy atom. The molecule has 0 saturated heterocycles. The number of ether oxygens (including phenoxy) is 1. The number of hydrogen-bond acceptors (Lipinski definition) is 2. The van der Waals surface area contributed by atoms with Crippen LogP contribution in [0.4, 0.5) is 0 Å². The van der Waals surface area contributed by atoms with Crippen molar-refractivity contribution in [2.24, 2.45) is 0 Å². The molecule has 1 aromatic rings. The zero-order chi connectivity index (χ0) is 12.9. The maximum Gasteiger partial charge on any atom is 0.137 e. The van der Waals surface area contributed by atoms with Gasteiger partial charge in [0.1, 0.15) is 12.0 Å². The van der Waals surface area contributed by atoms with E-state index in [1.807, 2.05) is 32.0 Å². The maximum absolute atomic E-state index is 10.6. The van der Waals surface area contributed by atoms with Gasteiger partial charge in [0.05, 0.1) is 11.6 Å². The number of benzene rings is 1. The monoisotopic (exact) mass is 254 g/mol. The van der Waals surface area contributed by atoms with Crippen LogP contribution in [0, 0.1) is 0 Å². The molecule has 0 unspecified atom stereocenters. The van der Waals surface area contributed by atoms with E-state index in [9.17, 15) is 4.79 Å². The third kappa shape index (κ3) is 3.74. The highest BCUT2D eigenvalue weighted by Crippen LogP contribution is 2.32. The van der Waals surface area contributed by atoms with Gasteiger partial charge in [0.2, 0.25) is 0 Å². The number of halogens is 1. The zero-order valence-corrected chi connectivity index (χ0v) is 11.4. The molecule has 1 rings (SSSR count). The largest absolute Gasteiger partial charge is 0.492 e. The molecular formula is C14H19ClO2. The fourth-order valence-electron chi connectivity index (χ4n) is 1.58. The summed E-state index contributed by atoms with van der Waals surface area (Å²) in [6.45, 7) is 6.77. The molecule has 17 heavy (non-hydrogen) atoms. The molecule has 3 heteroatoms. The summed E-state index contributed by atoms with van der Waals surface area (Å²) >= 11 is 6.16. The summed E-state index contributed by atoms with van der Waals surface area (Å²) in [5.74, 6) is 0.708. The normalized spacial score (nSPS) is 11.3. The van der Waals surface area contributed by atoms with Crippen LogP contribution in [-0.4, -0.2) is 12.9 Å². The molecule has 0 heterocycles. The lowest BCUT2D eigenvalue weighted by atomic mass is 9.82. The molecule has 0 aliphatic rings. The number of hydrogen-bond donors (Lipinski definition) is 0. The van der Waals surface area contributed by atoms with Gasteiger partial charge in [0, 0.05) is 6.42 Å². The first kappa shape index (κ1) is 14.0. The molecular weight excluding hydrogens is 236 g/mol. The second-order valence-corrected chi connectivity index (χ2v) is 5.16. The van der Waals surface area contributed by atoms with Crippen molar-refractivity contribution in [2.75, 3.05) is 6.61 Å². The molecule has 2 nitrogen and oxygen atoms in total. The molecule has 0 radical (unpaired) electrons. The van der Waals surface area contributed by atoms with Gasteiger partial charge in [0.25, 0.3) is 0 Å². The van der Waals surface area contributed by atoms with Gasteiger partial charge in [0.15, 0.2) is 0 Å². The molecule has 0 N–H and O–H groups in total. The molecule has 0 spiro atoms. The van der Waals surface area contributed by atoms with E-state index in [2.05, 4.69) is 6.92 Å². The smallest absolute Gasteiger partial charge is 0.137 e. The van der Waals surface area contributed by atoms with Crippen LogP contribution in [0.3, 0.4) is 0 Å². The van der Waals surface area contributed by atoms with Crippen molar-refractivity contribution >= 4 is 17.9 Å². The molecule has 0 bridgehead atoms. The molecule has 0 fully saturated rings. The van der Waals surface area contributed by atoms with Crippen molar-refractivity contribution in [3.05, 3.63) is 28.8 Å². The van der Waals surface area contributed by atoms with Gasteiger partial charge in [-0.1, -0.05) is 38.4 Å². The summed E-state index contributed by atoms with van der Waals surface area (Å²) in [4.78, 5) is 10.6. The van der Waals surface area contributed by atoms with E-state index in [0.717, 1.165) is 18.3 Å². The lowest BCUT2D eigenvalue weighted by Gasteiger charge is -2.23. The summed E-state index contributed by atoms with van der Waals surface area (Å²) in [6, 6.07) is 5.73. The molecule has 0 amide bonds. The highest BCUT2D eigenvalue weighted by atomic mass is 35.5. The average molecular weight is 255 g/mol. The molecule has 94 valence electrons. The topological polar surface area (TPSA) is 26.3 Å². The Labute approximate surface area is 108 Å². The summed E-state index contributed by atoms with van der Waals surface area (Å²) < 4.78 is 5.51. The van der Waals surface area contributed by atoms with Crippen LogP contribution in [-0.2, 0) is 10.2 Å². The summed E-state index contributed by atoms with van der Waals surface area (Å²) in [7, 11) is 0. The van der Waals surface area contributed by atoms with Gasteiger partial charge in [-0.05, 0) is 29.5 Å². The van der Waals surface area contributed by atoms with Gasteiger partial charge >= 0.3 is 0 Å². The van der Waals surface area contributed by atoms with E-state index in [1.54, 1.807) is 0 Å². The quantitative estimate of drug-likeness (QED) is 0.718. The van der Waals surface area contributed by atoms with Gasteiger partial charge in [-0.3, -0.25) is 0 Å². The molecule has 0 atom stereocenters. The summed E-state index contributed by atoms with van der Waals surface area (Å²) in [6.07, 6.45) is 2.38. The second kappa shape index (κ2) is 6.06. The molecule has 0 saturated carbocycles. The zero-order valence-electron chi connectivity index (χ0n) is 10.6. The Balaban J connectivity index is 2.91. The molecule has 1 aromatic carbocycles. The Bertz CT molecular complexity index is 386. The maximum atomic E-state index is 10.6. The van der Waals surface area contributed by atoms with E-state index in [-0.39, 0.29) is 5.41 Å². The highest BCUT2D eigenvalue weighted by Gasteiger charge is 2.21. The van der Waals surface area contributed by atoms with Crippen molar-refractivity contribution in [1.29, 1.82) is 0 Å². The predicted octanol–water partition coefficient (Wildman–Crippen LogP) is 4.00. The Morgan fingerprint density at radius 1 is 1.41 bits per heavy atom. The van der Waals surface area contributed by atoms with Crippen molar-refractivity contribution in [3.63, 3.8) is 0 Å². The van der Waals surface area contributed by atoms with E-state index >= 15 is 0 Å². The Kier molecular flexibility index (Phi) is 5.01. The van der Waals surface area contributed by atoms with Crippen molar-refractivity contribution in [2.45, 2.75) is 39.0 Å². The minimum Gasteiger partial charge on any atom is -0.492 e. The number of carbonyl (C=O) groups excluding carboxylic acids is 1. The highest BCUT2D eigenvalue weighted by molar-refractivity contribution is 6.32. The summed E-state index contributed by atoms with van der Waals surface area (Å²) in [5, 5.41) is 0.606. The first-order valence-corrected chi connectivity index (χ1v) is 6.25. The molecule has 0 aliphatic carbocycles. The van der Waals surface area contributed by atoms with E-state index in [1.165, 1.54) is 0 Å². The minimum atomic E-state index is -0.186. The van der Waals surface area contributed by atoms with Crippen LogP contribution in [0.25, 0.3) is 0 Å². The molecule has 0 aromatic heterocycles. The predicted molar refractivity (Wildman–Crippen MR) is 70.9 cm³/mol. The van der Waals surface area contributed by atoms with E-state index in [0.29, 0.717) is 23.8 Å². The van der Waals surface area contributed by atoms with Gasteiger partial charge < -0.3 is 9.53 Å². The summed E-state index contributed by atoms with van der Waals surface area (Å²) in [5.41, 5.74) is 0.868. The first-order chi connectivity index (χ1) is 8.01. The standard InChI is InChI=1S/C14H19ClO2/c1-4-9-17-13-6-5-11(10-12(13)15)14(2,3)7-8-16/h5-6,8,10H,4,7,9H2,1-3H3. The first-order valence-electron chi connectivity index (χ1n) is 5.87. The van der Waals surface area contributed by atoms with Crippen LogP contribution in [0.15, 0.2) is 18.2 Å². The van der Waals surface area contributed by atoms with Gasteiger partial charge in [-0.25, -0.2) is 0 Å². The van der Waals surface area contributed by atoms with Crippen molar-refractivity contribution in [3.8, 4) is 5.75 Å². The van der Waals surface area contributed by atoms with Crippen LogP contribution < -0.4 is 4.74 Å². The number of rotatable bonds is 6. The molecule has 0 aliphatic heterocycles. The lowest BCUT2D eigenvalue weighted by Crippen LogP contribution is -2.17. The van der Waals surface area contributed by atoms with Gasteiger partial charge in [-0.2, -0.15) is 0 Å². The number of aldehydes is 1. The van der Waals surface area contributed by atoms with Crippen molar-refractivity contribution in [1.82, 2.24) is 0 Å². The SMILES string of the molecule is CCCOc1ccc(C(C)(C)CC=O)cc1Cl.